The fourth-order valence-corrected chi connectivity index (χ4v) is 4.66. The average Bonchev–Trinajstić information content (AvgIpc) is 2.86. The third-order valence-corrected chi connectivity index (χ3v) is 6.17. The average molecular weight is 385 g/mol. The largest absolute Gasteiger partial charge is 0.399 e. The van der Waals surface area contributed by atoms with Crippen molar-refractivity contribution in [2.75, 3.05) is 5.73 Å². The van der Waals surface area contributed by atoms with Crippen LogP contribution in [0.5, 0.6) is 0 Å². The predicted molar refractivity (Wildman–Crippen MR) is 88.2 cm³/mol. The number of nitrogens with two attached hydrogens (primary N) is 1. The Morgan fingerprint density at radius 2 is 2.10 bits per heavy atom. The van der Waals surface area contributed by atoms with Crippen LogP contribution in [0.1, 0.15) is 5.56 Å². The zero-order valence-electron chi connectivity index (χ0n) is 10.7. The van der Waals surface area contributed by atoms with Gasteiger partial charge in [0.15, 0.2) is 4.34 Å². The molecule has 0 radical (unpaired) electrons. The fourth-order valence-electron chi connectivity index (χ4n) is 1.86. The molecule has 2 aromatic carbocycles. The van der Waals surface area contributed by atoms with Crippen molar-refractivity contribution in [1.29, 1.82) is 0 Å². The summed E-state index contributed by atoms with van der Waals surface area (Å²) in [6, 6.07) is 10.0. The molecule has 3 aromatic rings. The van der Waals surface area contributed by atoms with Crippen molar-refractivity contribution in [3.8, 4) is 0 Å². The molecule has 0 bridgehead atoms. The summed E-state index contributed by atoms with van der Waals surface area (Å²) in [6.07, 6.45) is 0. The number of rotatable bonds is 3. The van der Waals surface area contributed by atoms with Crippen molar-refractivity contribution in [2.45, 2.75) is 10.1 Å². The first-order valence-electron chi connectivity index (χ1n) is 6.01. The summed E-state index contributed by atoms with van der Waals surface area (Å²) in [5.74, 6) is -0.0336. The smallest absolute Gasteiger partial charge is 0.182 e. The molecular weight excluding hydrogens is 375 g/mol. The first-order chi connectivity index (χ1) is 10.0. The number of hydrogen-bond acceptors (Lipinski definition) is 4. The van der Waals surface area contributed by atoms with Gasteiger partial charge in [0.2, 0.25) is 0 Å². The van der Waals surface area contributed by atoms with E-state index in [0.29, 0.717) is 20.3 Å². The summed E-state index contributed by atoms with van der Waals surface area (Å²) in [5.41, 5.74) is 7.97. The van der Waals surface area contributed by atoms with Crippen LogP contribution in [0.15, 0.2) is 45.2 Å². The first kappa shape index (κ1) is 14.6. The molecule has 0 aliphatic carbocycles. The van der Waals surface area contributed by atoms with Crippen LogP contribution in [0, 0.1) is 5.82 Å². The second-order valence-corrected chi connectivity index (χ2v) is 7.96. The SMILES string of the molecule is Nc1ccc2nc(S(=O)Cc3ccc(F)c(Br)c3)sc2c1. The highest BCUT2D eigenvalue weighted by Gasteiger charge is 2.12. The van der Waals surface area contributed by atoms with Gasteiger partial charge in [-0.05, 0) is 51.8 Å². The first-order valence-corrected chi connectivity index (χ1v) is 8.94. The lowest BCUT2D eigenvalue weighted by molar-refractivity contribution is 0.620. The second kappa shape index (κ2) is 5.82. The number of thiazole rings is 1. The fraction of sp³-hybridized carbons (Fsp3) is 0.0714. The molecule has 0 saturated carbocycles. The van der Waals surface area contributed by atoms with E-state index in [4.69, 9.17) is 5.73 Å². The minimum Gasteiger partial charge on any atom is -0.399 e. The third-order valence-electron chi connectivity index (χ3n) is 2.87. The van der Waals surface area contributed by atoms with E-state index in [-0.39, 0.29) is 5.82 Å². The van der Waals surface area contributed by atoms with Crippen LogP contribution in [0.25, 0.3) is 10.2 Å². The number of nitrogen functional groups attached to an aromatic ring is 1. The number of aromatic nitrogens is 1. The Labute approximate surface area is 135 Å². The van der Waals surface area contributed by atoms with E-state index in [1.54, 1.807) is 18.2 Å². The molecule has 21 heavy (non-hydrogen) atoms. The highest BCUT2D eigenvalue weighted by atomic mass is 79.9. The minimum absolute atomic E-state index is 0.300. The van der Waals surface area contributed by atoms with Gasteiger partial charge in [-0.1, -0.05) is 6.07 Å². The van der Waals surface area contributed by atoms with Gasteiger partial charge in [0, 0.05) is 5.69 Å². The Balaban J connectivity index is 1.87. The van der Waals surface area contributed by atoms with Gasteiger partial charge < -0.3 is 5.73 Å². The second-order valence-electron chi connectivity index (χ2n) is 4.45. The van der Waals surface area contributed by atoms with E-state index in [2.05, 4.69) is 20.9 Å². The van der Waals surface area contributed by atoms with Crippen LogP contribution in [-0.4, -0.2) is 9.19 Å². The van der Waals surface area contributed by atoms with Gasteiger partial charge >= 0.3 is 0 Å². The number of benzene rings is 2. The van der Waals surface area contributed by atoms with Crippen molar-refractivity contribution >= 4 is 54.0 Å². The van der Waals surface area contributed by atoms with E-state index in [9.17, 15) is 8.60 Å². The van der Waals surface area contributed by atoms with E-state index < -0.39 is 10.8 Å². The van der Waals surface area contributed by atoms with Crippen LogP contribution in [0.4, 0.5) is 10.1 Å². The Bertz CT molecular complexity index is 850. The predicted octanol–water partition coefficient (Wildman–Crippen LogP) is 4.09. The number of nitrogens with zero attached hydrogens (tertiary/aromatic N) is 1. The lowest BCUT2D eigenvalue weighted by Crippen LogP contribution is -1.96. The van der Waals surface area contributed by atoms with Crippen LogP contribution >= 0.6 is 27.3 Å². The number of hydrogen-bond donors (Lipinski definition) is 1. The minimum atomic E-state index is -1.27. The summed E-state index contributed by atoms with van der Waals surface area (Å²) in [5, 5.41) is 0. The lowest BCUT2D eigenvalue weighted by atomic mass is 10.2. The van der Waals surface area contributed by atoms with Crippen LogP contribution in [0.3, 0.4) is 0 Å². The molecule has 2 N–H and O–H groups in total. The van der Waals surface area contributed by atoms with Crippen molar-refractivity contribution < 1.29 is 8.60 Å². The highest BCUT2D eigenvalue weighted by molar-refractivity contribution is 9.10. The highest BCUT2D eigenvalue weighted by Crippen LogP contribution is 2.27. The molecule has 0 fully saturated rings. The molecular formula is C14H10BrFN2OS2. The van der Waals surface area contributed by atoms with Gasteiger partial charge in [0.25, 0.3) is 0 Å². The van der Waals surface area contributed by atoms with Crippen molar-refractivity contribution in [3.05, 3.63) is 52.3 Å². The standard InChI is InChI=1S/C14H10BrFN2OS2/c15-10-5-8(1-3-11(10)16)7-21(19)14-18-12-4-2-9(17)6-13(12)20-14/h1-6H,7,17H2. The van der Waals surface area contributed by atoms with E-state index in [0.717, 1.165) is 15.8 Å². The summed E-state index contributed by atoms with van der Waals surface area (Å²) in [4.78, 5) is 4.37. The van der Waals surface area contributed by atoms with E-state index >= 15 is 0 Å². The van der Waals surface area contributed by atoms with Gasteiger partial charge in [0.05, 0.1) is 31.2 Å². The summed E-state index contributed by atoms with van der Waals surface area (Å²) >= 11 is 4.50. The van der Waals surface area contributed by atoms with Gasteiger partial charge in [0.1, 0.15) is 5.82 Å². The Hall–Kier alpha value is -1.31. The van der Waals surface area contributed by atoms with E-state index in [1.165, 1.54) is 17.4 Å². The van der Waals surface area contributed by atoms with Crippen LogP contribution in [-0.2, 0) is 16.6 Å². The topological polar surface area (TPSA) is 56.0 Å². The van der Waals surface area contributed by atoms with Crippen molar-refractivity contribution in [3.63, 3.8) is 0 Å². The molecule has 0 amide bonds. The Morgan fingerprint density at radius 1 is 1.29 bits per heavy atom. The summed E-state index contributed by atoms with van der Waals surface area (Å²) in [7, 11) is -1.27. The zero-order valence-corrected chi connectivity index (χ0v) is 13.9. The normalized spacial score (nSPS) is 12.7. The molecule has 0 aliphatic heterocycles. The number of anilines is 1. The summed E-state index contributed by atoms with van der Waals surface area (Å²) in [6.45, 7) is 0. The molecule has 1 heterocycles. The van der Waals surface area contributed by atoms with Crippen molar-refractivity contribution in [1.82, 2.24) is 4.98 Å². The third kappa shape index (κ3) is 3.14. The monoisotopic (exact) mass is 384 g/mol. The van der Waals surface area contributed by atoms with Gasteiger partial charge in [-0.3, -0.25) is 4.21 Å². The lowest BCUT2D eigenvalue weighted by Gasteiger charge is -2.01. The molecule has 1 aromatic heterocycles. The molecule has 1 unspecified atom stereocenters. The zero-order chi connectivity index (χ0) is 15.0. The van der Waals surface area contributed by atoms with Crippen LogP contribution < -0.4 is 5.73 Å². The van der Waals surface area contributed by atoms with Gasteiger partial charge in [-0.2, -0.15) is 0 Å². The van der Waals surface area contributed by atoms with Gasteiger partial charge in [-0.15, -0.1) is 11.3 Å². The molecule has 0 aliphatic rings. The maximum atomic E-state index is 13.2. The Kier molecular flexibility index (Phi) is 4.05. The Morgan fingerprint density at radius 3 is 2.86 bits per heavy atom. The quantitative estimate of drug-likeness (QED) is 0.691. The summed E-state index contributed by atoms with van der Waals surface area (Å²) < 4.78 is 27.4. The number of halogens is 2. The van der Waals surface area contributed by atoms with E-state index in [1.807, 2.05) is 12.1 Å². The van der Waals surface area contributed by atoms with Crippen LogP contribution in [0.2, 0.25) is 0 Å². The number of fused-ring (bicyclic) bond motifs is 1. The molecule has 7 heteroatoms. The van der Waals surface area contributed by atoms with Gasteiger partial charge in [-0.25, -0.2) is 9.37 Å². The maximum absolute atomic E-state index is 13.2. The molecule has 108 valence electrons. The molecule has 1 atom stereocenters. The molecule has 0 spiro atoms. The molecule has 0 saturated heterocycles. The van der Waals surface area contributed by atoms with Crippen molar-refractivity contribution in [2.24, 2.45) is 0 Å². The maximum Gasteiger partial charge on any atom is 0.182 e. The molecule has 3 rings (SSSR count). The molecule has 3 nitrogen and oxygen atoms in total.